The molecule has 0 aliphatic rings. The number of rotatable bonds is 11. The second kappa shape index (κ2) is 13.0. The molecule has 36 heavy (non-hydrogen) atoms. The molecule has 0 heterocycles. The van der Waals surface area contributed by atoms with Crippen LogP contribution in [0.5, 0.6) is 11.5 Å². The number of esters is 1. The van der Waals surface area contributed by atoms with Crippen LogP contribution in [0.25, 0.3) is 0 Å². The van der Waals surface area contributed by atoms with Crippen molar-refractivity contribution in [3.8, 4) is 11.5 Å². The molecule has 0 aromatic heterocycles. The SMILES string of the molecule is O=C(CCCC(=O)OCC(=O)Nc1cccc([N+](=O)[O-])c1)Nc1ccc(Oc2ccc(Br)cc2)cc1. The Balaban J connectivity index is 1.33. The van der Waals surface area contributed by atoms with Crippen molar-refractivity contribution in [1.82, 2.24) is 0 Å². The summed E-state index contributed by atoms with van der Waals surface area (Å²) < 4.78 is 11.6. The average Bonchev–Trinajstić information content (AvgIpc) is 2.85. The molecule has 0 bridgehead atoms. The summed E-state index contributed by atoms with van der Waals surface area (Å²) in [5.41, 5.74) is 0.631. The Hall–Kier alpha value is -4.25. The summed E-state index contributed by atoms with van der Waals surface area (Å²) in [5, 5.41) is 15.9. The van der Waals surface area contributed by atoms with Crippen LogP contribution in [-0.4, -0.2) is 29.3 Å². The minimum atomic E-state index is -0.633. The summed E-state index contributed by atoms with van der Waals surface area (Å²) in [6, 6.07) is 19.7. The molecule has 3 rings (SSSR count). The lowest BCUT2D eigenvalue weighted by atomic mass is 10.2. The van der Waals surface area contributed by atoms with Crippen molar-refractivity contribution in [2.75, 3.05) is 17.2 Å². The molecule has 3 aromatic rings. The zero-order chi connectivity index (χ0) is 25.9. The Bertz CT molecular complexity index is 1230. The molecule has 186 valence electrons. The summed E-state index contributed by atoms with van der Waals surface area (Å²) in [4.78, 5) is 46.1. The highest BCUT2D eigenvalue weighted by atomic mass is 79.9. The molecule has 3 aromatic carbocycles. The van der Waals surface area contributed by atoms with Gasteiger partial charge in [0.25, 0.3) is 11.6 Å². The summed E-state index contributed by atoms with van der Waals surface area (Å²) >= 11 is 3.36. The first-order valence-electron chi connectivity index (χ1n) is 10.8. The van der Waals surface area contributed by atoms with Crippen LogP contribution >= 0.6 is 15.9 Å². The van der Waals surface area contributed by atoms with E-state index in [2.05, 4.69) is 26.6 Å². The number of nitrogens with one attached hydrogen (secondary N) is 2. The highest BCUT2D eigenvalue weighted by Gasteiger charge is 2.12. The van der Waals surface area contributed by atoms with Gasteiger partial charge in [-0.25, -0.2) is 0 Å². The molecular formula is C25H22BrN3O7. The summed E-state index contributed by atoms with van der Waals surface area (Å²) in [7, 11) is 0. The quantitative estimate of drug-likeness (QED) is 0.182. The lowest BCUT2D eigenvalue weighted by molar-refractivity contribution is -0.384. The van der Waals surface area contributed by atoms with Gasteiger partial charge in [0.05, 0.1) is 4.92 Å². The number of halogens is 1. The highest BCUT2D eigenvalue weighted by molar-refractivity contribution is 9.10. The van der Waals surface area contributed by atoms with Crippen LogP contribution in [0, 0.1) is 10.1 Å². The van der Waals surface area contributed by atoms with Crippen LogP contribution in [0.1, 0.15) is 19.3 Å². The lowest BCUT2D eigenvalue weighted by Gasteiger charge is -2.09. The number of carbonyl (C=O) groups is 3. The van der Waals surface area contributed by atoms with Crippen LogP contribution in [0.15, 0.2) is 77.3 Å². The molecule has 0 saturated carbocycles. The Morgan fingerprint density at radius 1 is 0.833 bits per heavy atom. The number of nitro benzene ring substituents is 1. The number of ether oxygens (including phenoxy) is 2. The van der Waals surface area contributed by atoms with Crippen molar-refractivity contribution < 1.29 is 28.8 Å². The van der Waals surface area contributed by atoms with Gasteiger partial charge in [-0.1, -0.05) is 22.0 Å². The maximum absolute atomic E-state index is 12.1. The molecule has 2 N–H and O–H groups in total. The zero-order valence-electron chi connectivity index (χ0n) is 18.9. The van der Waals surface area contributed by atoms with Crippen molar-refractivity contribution in [2.24, 2.45) is 0 Å². The van der Waals surface area contributed by atoms with Gasteiger partial charge < -0.3 is 20.1 Å². The fourth-order valence-electron chi connectivity index (χ4n) is 2.97. The third-order valence-electron chi connectivity index (χ3n) is 4.68. The number of carbonyl (C=O) groups excluding carboxylic acids is 3. The van der Waals surface area contributed by atoms with E-state index in [1.807, 2.05) is 24.3 Å². The van der Waals surface area contributed by atoms with Gasteiger partial charge in [0, 0.05) is 40.8 Å². The maximum Gasteiger partial charge on any atom is 0.306 e. The Kier molecular flexibility index (Phi) is 9.52. The molecule has 10 nitrogen and oxygen atoms in total. The minimum Gasteiger partial charge on any atom is -0.457 e. The molecule has 0 aliphatic carbocycles. The van der Waals surface area contributed by atoms with Crippen molar-refractivity contribution in [1.29, 1.82) is 0 Å². The van der Waals surface area contributed by atoms with E-state index < -0.39 is 23.4 Å². The molecule has 0 atom stereocenters. The molecule has 0 unspecified atom stereocenters. The Morgan fingerprint density at radius 3 is 2.14 bits per heavy atom. The van der Waals surface area contributed by atoms with Gasteiger partial charge >= 0.3 is 5.97 Å². The summed E-state index contributed by atoms with van der Waals surface area (Å²) in [6.07, 6.45) is 0.283. The van der Waals surface area contributed by atoms with Crippen molar-refractivity contribution >= 4 is 50.8 Å². The van der Waals surface area contributed by atoms with Crippen LogP contribution < -0.4 is 15.4 Å². The normalized spacial score (nSPS) is 10.2. The average molecular weight is 556 g/mol. The Morgan fingerprint density at radius 2 is 1.47 bits per heavy atom. The smallest absolute Gasteiger partial charge is 0.306 e. The molecule has 2 amide bonds. The van der Waals surface area contributed by atoms with Crippen molar-refractivity contribution in [3.05, 3.63) is 87.4 Å². The van der Waals surface area contributed by atoms with Gasteiger partial charge in [0.15, 0.2) is 6.61 Å². The number of hydrogen-bond acceptors (Lipinski definition) is 7. The van der Waals surface area contributed by atoms with Crippen molar-refractivity contribution in [2.45, 2.75) is 19.3 Å². The first-order valence-corrected chi connectivity index (χ1v) is 11.6. The number of benzene rings is 3. The van der Waals surface area contributed by atoms with Crippen LogP contribution in [0.4, 0.5) is 17.1 Å². The number of anilines is 2. The summed E-state index contributed by atoms with van der Waals surface area (Å²) in [5.74, 6) is -0.232. The van der Waals surface area contributed by atoms with Crippen LogP contribution in [-0.2, 0) is 19.1 Å². The molecule has 11 heteroatoms. The van der Waals surface area contributed by atoms with E-state index in [4.69, 9.17) is 9.47 Å². The number of amides is 2. The Labute approximate surface area is 214 Å². The molecule has 0 fully saturated rings. The number of nitrogens with zero attached hydrogens (tertiary/aromatic N) is 1. The van der Waals surface area contributed by atoms with E-state index in [1.54, 1.807) is 24.3 Å². The van der Waals surface area contributed by atoms with E-state index in [1.165, 1.54) is 24.3 Å². The van der Waals surface area contributed by atoms with Gasteiger partial charge in [-0.15, -0.1) is 0 Å². The van der Waals surface area contributed by atoms with Gasteiger partial charge in [0.1, 0.15) is 11.5 Å². The van der Waals surface area contributed by atoms with Gasteiger partial charge in [0.2, 0.25) is 5.91 Å². The van der Waals surface area contributed by atoms with E-state index >= 15 is 0 Å². The van der Waals surface area contributed by atoms with Gasteiger partial charge in [-0.3, -0.25) is 24.5 Å². The number of nitro groups is 1. The second-order valence-electron chi connectivity index (χ2n) is 7.50. The first kappa shape index (κ1) is 26.4. The fraction of sp³-hybridized carbons (Fsp3) is 0.160. The van der Waals surface area contributed by atoms with E-state index in [9.17, 15) is 24.5 Å². The zero-order valence-corrected chi connectivity index (χ0v) is 20.5. The molecule has 0 radical (unpaired) electrons. The predicted octanol–water partition coefficient (Wildman–Crippen LogP) is 5.44. The predicted molar refractivity (Wildman–Crippen MR) is 136 cm³/mol. The largest absolute Gasteiger partial charge is 0.457 e. The molecule has 0 saturated heterocycles. The minimum absolute atomic E-state index is 0.0442. The van der Waals surface area contributed by atoms with Crippen molar-refractivity contribution in [3.63, 3.8) is 0 Å². The molecule has 0 aliphatic heterocycles. The number of hydrogen-bond donors (Lipinski definition) is 2. The summed E-state index contributed by atoms with van der Waals surface area (Å²) in [6.45, 7) is -0.539. The van der Waals surface area contributed by atoms with Gasteiger partial charge in [-0.2, -0.15) is 0 Å². The van der Waals surface area contributed by atoms with E-state index in [0.29, 0.717) is 17.2 Å². The monoisotopic (exact) mass is 555 g/mol. The second-order valence-corrected chi connectivity index (χ2v) is 8.41. The molecular weight excluding hydrogens is 534 g/mol. The highest BCUT2D eigenvalue weighted by Crippen LogP contribution is 2.24. The number of non-ortho nitro benzene ring substituents is 1. The first-order chi connectivity index (χ1) is 17.3. The third kappa shape index (κ3) is 8.84. The van der Waals surface area contributed by atoms with E-state index in [0.717, 1.165) is 4.47 Å². The molecule has 0 spiro atoms. The standard InChI is InChI=1S/C25H22BrN3O7/c26-17-7-11-21(12-8-17)36-22-13-9-18(10-14-22)27-23(30)5-2-6-25(32)35-16-24(31)28-19-3-1-4-20(15-19)29(33)34/h1,3-4,7-15H,2,5-6,16H2,(H,27,30)(H,28,31). The fourth-order valence-corrected chi connectivity index (χ4v) is 3.24. The lowest BCUT2D eigenvalue weighted by Crippen LogP contribution is -2.21. The maximum atomic E-state index is 12.1. The van der Waals surface area contributed by atoms with Crippen LogP contribution in [0.3, 0.4) is 0 Å². The van der Waals surface area contributed by atoms with E-state index in [-0.39, 0.29) is 36.5 Å². The van der Waals surface area contributed by atoms with Gasteiger partial charge in [-0.05, 0) is 61.0 Å². The topological polar surface area (TPSA) is 137 Å². The van der Waals surface area contributed by atoms with Crippen LogP contribution in [0.2, 0.25) is 0 Å². The third-order valence-corrected chi connectivity index (χ3v) is 5.21.